The van der Waals surface area contributed by atoms with Crippen molar-refractivity contribution in [1.82, 2.24) is 0 Å². The molecular weight excluding hydrogens is 196 g/mol. The van der Waals surface area contributed by atoms with Crippen LogP contribution in [0.5, 0.6) is 0 Å². The van der Waals surface area contributed by atoms with Gasteiger partial charge in [0.25, 0.3) is 5.91 Å². The molecule has 5 heteroatoms. The van der Waals surface area contributed by atoms with Crippen molar-refractivity contribution in [3.8, 4) is 0 Å². The summed E-state index contributed by atoms with van der Waals surface area (Å²) in [7, 11) is 0. The molecule has 0 unspecified atom stereocenters. The number of carbonyl (C=O) groups excluding carboxylic acids is 2. The number of nitrogens with two attached hydrogens (primary N) is 1. The van der Waals surface area contributed by atoms with Crippen molar-refractivity contribution in [3.05, 3.63) is 29.8 Å². The highest BCUT2D eigenvalue weighted by Crippen LogP contribution is 2.09. The second kappa shape index (κ2) is 4.56. The highest BCUT2D eigenvalue weighted by Gasteiger charge is 2.08. The van der Waals surface area contributed by atoms with E-state index in [1.807, 2.05) is 0 Å². The summed E-state index contributed by atoms with van der Waals surface area (Å²) < 4.78 is 0. The Hall–Kier alpha value is -1.88. The molecule has 2 amide bonds. The fourth-order valence-corrected chi connectivity index (χ4v) is 0.965. The quantitative estimate of drug-likeness (QED) is 0.658. The van der Waals surface area contributed by atoms with Crippen molar-refractivity contribution in [2.75, 3.05) is 5.32 Å². The lowest BCUT2D eigenvalue weighted by Gasteiger charge is -2.06. The summed E-state index contributed by atoms with van der Waals surface area (Å²) >= 11 is 0. The molecule has 1 aromatic rings. The monoisotopic (exact) mass is 208 g/mol. The van der Waals surface area contributed by atoms with Gasteiger partial charge in [0.15, 0.2) is 0 Å². The zero-order chi connectivity index (χ0) is 11.4. The Labute approximate surface area is 86.9 Å². The number of hydrogen-bond acceptors (Lipinski definition) is 3. The van der Waals surface area contributed by atoms with Crippen molar-refractivity contribution in [3.63, 3.8) is 0 Å². The Morgan fingerprint density at radius 3 is 2.27 bits per heavy atom. The third-order valence-electron chi connectivity index (χ3n) is 1.82. The summed E-state index contributed by atoms with van der Waals surface area (Å²) in [6, 6.07) is 6.08. The Morgan fingerprint density at radius 2 is 1.87 bits per heavy atom. The number of benzene rings is 1. The van der Waals surface area contributed by atoms with Crippen LogP contribution >= 0.6 is 0 Å². The summed E-state index contributed by atoms with van der Waals surface area (Å²) in [4.78, 5) is 21.8. The summed E-state index contributed by atoms with van der Waals surface area (Å²) in [6.07, 6.45) is -1.07. The number of aliphatic hydroxyl groups is 1. The predicted octanol–water partition coefficient (Wildman–Crippen LogP) is 0.105. The number of aliphatic hydroxyl groups excluding tert-OH is 1. The molecular formula is C10H12N2O3. The number of nitrogens with one attached hydrogen (secondary N) is 1. The van der Waals surface area contributed by atoms with E-state index in [9.17, 15) is 9.59 Å². The Kier molecular flexibility index (Phi) is 3.41. The second-order valence-electron chi connectivity index (χ2n) is 3.11. The van der Waals surface area contributed by atoms with Crippen molar-refractivity contribution in [2.24, 2.45) is 5.73 Å². The van der Waals surface area contributed by atoms with Crippen LogP contribution in [0.15, 0.2) is 24.3 Å². The van der Waals surface area contributed by atoms with E-state index in [2.05, 4.69) is 5.32 Å². The van der Waals surface area contributed by atoms with Gasteiger partial charge in [-0.3, -0.25) is 9.59 Å². The first kappa shape index (κ1) is 11.2. The number of hydrogen-bond donors (Lipinski definition) is 3. The van der Waals surface area contributed by atoms with E-state index >= 15 is 0 Å². The van der Waals surface area contributed by atoms with E-state index < -0.39 is 17.9 Å². The molecule has 1 atom stereocenters. The van der Waals surface area contributed by atoms with Gasteiger partial charge in [0.2, 0.25) is 5.91 Å². The van der Waals surface area contributed by atoms with Crippen LogP contribution in [-0.2, 0) is 4.79 Å². The zero-order valence-corrected chi connectivity index (χ0v) is 8.23. The normalized spacial score (nSPS) is 11.9. The number of rotatable bonds is 3. The fourth-order valence-electron chi connectivity index (χ4n) is 0.965. The van der Waals surface area contributed by atoms with Gasteiger partial charge in [-0.15, -0.1) is 0 Å². The third-order valence-corrected chi connectivity index (χ3v) is 1.82. The van der Waals surface area contributed by atoms with Gasteiger partial charge < -0.3 is 16.2 Å². The third kappa shape index (κ3) is 3.07. The van der Waals surface area contributed by atoms with Gasteiger partial charge in [0.05, 0.1) is 0 Å². The number of primary amides is 1. The van der Waals surface area contributed by atoms with Crippen molar-refractivity contribution >= 4 is 17.5 Å². The number of carbonyl (C=O) groups is 2. The maximum absolute atomic E-state index is 11.1. The van der Waals surface area contributed by atoms with Gasteiger partial charge in [-0.05, 0) is 31.2 Å². The fraction of sp³-hybridized carbons (Fsp3) is 0.200. The molecule has 80 valence electrons. The molecule has 5 nitrogen and oxygen atoms in total. The minimum atomic E-state index is -1.07. The van der Waals surface area contributed by atoms with Gasteiger partial charge in [0.1, 0.15) is 6.10 Å². The lowest BCUT2D eigenvalue weighted by atomic mass is 10.2. The smallest absolute Gasteiger partial charge is 0.252 e. The van der Waals surface area contributed by atoms with Crippen LogP contribution < -0.4 is 11.1 Å². The highest BCUT2D eigenvalue weighted by atomic mass is 16.3. The molecule has 1 aromatic carbocycles. The van der Waals surface area contributed by atoms with E-state index in [0.29, 0.717) is 11.3 Å². The Balaban J connectivity index is 2.73. The van der Waals surface area contributed by atoms with Gasteiger partial charge in [-0.1, -0.05) is 0 Å². The van der Waals surface area contributed by atoms with Crippen molar-refractivity contribution in [2.45, 2.75) is 13.0 Å². The molecule has 0 spiro atoms. The van der Waals surface area contributed by atoms with Gasteiger partial charge >= 0.3 is 0 Å². The second-order valence-corrected chi connectivity index (χ2v) is 3.11. The number of amides is 2. The minimum Gasteiger partial charge on any atom is -0.384 e. The van der Waals surface area contributed by atoms with Crippen LogP contribution in [-0.4, -0.2) is 23.0 Å². The lowest BCUT2D eigenvalue weighted by molar-refractivity contribution is -0.123. The summed E-state index contributed by atoms with van der Waals surface area (Å²) in [5.74, 6) is -1.02. The van der Waals surface area contributed by atoms with Crippen LogP contribution in [0.25, 0.3) is 0 Å². The van der Waals surface area contributed by atoms with Crippen LogP contribution in [0.3, 0.4) is 0 Å². The molecule has 0 heterocycles. The zero-order valence-electron chi connectivity index (χ0n) is 8.23. The van der Waals surface area contributed by atoms with E-state index in [1.165, 1.54) is 19.1 Å². The molecule has 0 bridgehead atoms. The standard InChI is InChI=1S/C10H12N2O3/c1-6(13)10(15)12-8-4-2-7(3-5-8)9(11)14/h2-6,13H,1H3,(H2,11,14)(H,12,15)/t6-/m0/s1. The molecule has 0 radical (unpaired) electrons. The number of anilines is 1. The van der Waals surface area contributed by atoms with Crippen molar-refractivity contribution < 1.29 is 14.7 Å². The summed E-state index contributed by atoms with van der Waals surface area (Å²) in [5.41, 5.74) is 5.92. The molecule has 0 fully saturated rings. The average molecular weight is 208 g/mol. The molecule has 0 aliphatic heterocycles. The molecule has 0 saturated carbocycles. The first-order valence-corrected chi connectivity index (χ1v) is 4.39. The first-order valence-electron chi connectivity index (χ1n) is 4.39. The molecule has 15 heavy (non-hydrogen) atoms. The topological polar surface area (TPSA) is 92.4 Å². The van der Waals surface area contributed by atoms with Crippen molar-refractivity contribution in [1.29, 1.82) is 0 Å². The lowest BCUT2D eigenvalue weighted by Crippen LogP contribution is -2.24. The highest BCUT2D eigenvalue weighted by molar-refractivity contribution is 5.95. The molecule has 0 aliphatic carbocycles. The van der Waals surface area contributed by atoms with E-state index in [1.54, 1.807) is 12.1 Å². The van der Waals surface area contributed by atoms with Gasteiger partial charge in [0, 0.05) is 11.3 Å². The SMILES string of the molecule is C[C@H](O)C(=O)Nc1ccc(C(N)=O)cc1. The molecule has 0 saturated heterocycles. The summed E-state index contributed by atoms with van der Waals surface area (Å²) in [6.45, 7) is 1.37. The van der Waals surface area contributed by atoms with E-state index in [0.717, 1.165) is 0 Å². The summed E-state index contributed by atoms with van der Waals surface area (Å²) in [5, 5.41) is 11.4. The Bertz CT molecular complexity index is 371. The molecule has 0 aliphatic rings. The van der Waals surface area contributed by atoms with E-state index in [-0.39, 0.29) is 0 Å². The molecule has 0 aromatic heterocycles. The predicted molar refractivity (Wildman–Crippen MR) is 55.3 cm³/mol. The van der Waals surface area contributed by atoms with Crippen LogP contribution in [0.1, 0.15) is 17.3 Å². The average Bonchev–Trinajstić information content (AvgIpc) is 2.18. The van der Waals surface area contributed by atoms with Crippen LogP contribution in [0, 0.1) is 0 Å². The largest absolute Gasteiger partial charge is 0.384 e. The minimum absolute atomic E-state index is 0.366. The van der Waals surface area contributed by atoms with Crippen LogP contribution in [0.4, 0.5) is 5.69 Å². The molecule has 1 rings (SSSR count). The maximum atomic E-state index is 11.1. The molecule has 4 N–H and O–H groups in total. The maximum Gasteiger partial charge on any atom is 0.252 e. The first-order chi connectivity index (χ1) is 7.00. The van der Waals surface area contributed by atoms with Crippen LogP contribution in [0.2, 0.25) is 0 Å². The van der Waals surface area contributed by atoms with E-state index in [4.69, 9.17) is 10.8 Å². The van der Waals surface area contributed by atoms with Gasteiger partial charge in [-0.2, -0.15) is 0 Å². The van der Waals surface area contributed by atoms with Gasteiger partial charge in [-0.25, -0.2) is 0 Å². The Morgan fingerprint density at radius 1 is 1.33 bits per heavy atom.